The van der Waals surface area contributed by atoms with Gasteiger partial charge in [-0.25, -0.2) is 0 Å². The van der Waals surface area contributed by atoms with Crippen LogP contribution in [-0.2, 0) is 4.84 Å². The van der Waals surface area contributed by atoms with Crippen LogP contribution in [0.3, 0.4) is 0 Å². The van der Waals surface area contributed by atoms with Crippen LogP contribution in [0, 0.1) is 0 Å². The van der Waals surface area contributed by atoms with Gasteiger partial charge < -0.3 is 0 Å². The van der Waals surface area contributed by atoms with Crippen molar-refractivity contribution < 1.29 is 4.84 Å². The summed E-state index contributed by atoms with van der Waals surface area (Å²) < 4.78 is 1.33. The maximum atomic E-state index is 5.32. The molecule has 0 aromatic rings. The highest BCUT2D eigenvalue weighted by molar-refractivity contribution is 6.12. The van der Waals surface area contributed by atoms with Gasteiger partial charge in [0, 0.05) is 18.3 Å². The molecule has 0 aromatic heterocycles. The minimum atomic E-state index is 0.781. The quantitative estimate of drug-likeness (QED) is 0.424. The predicted octanol–water partition coefficient (Wildman–Crippen LogP) is 0.778. The molecule has 6 heavy (non-hydrogen) atoms. The summed E-state index contributed by atoms with van der Waals surface area (Å²) in [5.41, 5.74) is 0. The van der Waals surface area contributed by atoms with Crippen molar-refractivity contribution in [1.82, 2.24) is 4.58 Å². The molecule has 0 aliphatic carbocycles. The minimum Gasteiger partial charge on any atom is -0.284 e. The summed E-state index contributed by atoms with van der Waals surface area (Å²) in [6, 6.07) is 0. The molecule has 36 valence electrons. The molecule has 0 atom stereocenters. The monoisotopic (exact) mass is 107 g/mol. The van der Waals surface area contributed by atoms with Gasteiger partial charge in [0.1, 0.15) is 0 Å². The first-order chi connectivity index (χ1) is 2.89. The highest BCUT2D eigenvalue weighted by Gasteiger charge is 2.06. The molecule has 0 saturated carbocycles. The van der Waals surface area contributed by atoms with E-state index in [0.717, 1.165) is 19.6 Å². The maximum Gasteiger partial charge on any atom is 0.0714 e. The third-order valence-electron chi connectivity index (χ3n) is 0.710. The summed E-state index contributed by atoms with van der Waals surface area (Å²) >= 11 is 5.32. The van der Waals surface area contributed by atoms with E-state index in [9.17, 15) is 0 Å². The molecule has 1 rings (SSSR count). The molecular formula is C3H6ClNO. The Hall–Kier alpha value is 0.210. The number of hydrogen-bond donors (Lipinski definition) is 0. The number of halogens is 1. The Balaban J connectivity index is 2.18. The average molecular weight is 108 g/mol. The normalized spacial score (nSPS) is 25.5. The van der Waals surface area contributed by atoms with Crippen molar-refractivity contribution in [3.63, 3.8) is 0 Å². The lowest BCUT2D eigenvalue weighted by molar-refractivity contribution is -0.0269. The molecule has 0 radical (unpaired) electrons. The van der Waals surface area contributed by atoms with Gasteiger partial charge in [-0.3, -0.25) is 4.84 Å². The van der Waals surface area contributed by atoms with Crippen molar-refractivity contribution in [1.29, 1.82) is 0 Å². The molecule has 2 nitrogen and oxygen atoms in total. The SMILES string of the molecule is ClN1CCCO1. The van der Waals surface area contributed by atoms with Crippen LogP contribution in [0.1, 0.15) is 6.42 Å². The topological polar surface area (TPSA) is 12.5 Å². The molecule has 3 heteroatoms. The van der Waals surface area contributed by atoms with E-state index >= 15 is 0 Å². The fourth-order valence-electron chi connectivity index (χ4n) is 0.417. The molecule has 1 heterocycles. The van der Waals surface area contributed by atoms with Crippen LogP contribution in [-0.4, -0.2) is 17.7 Å². The summed E-state index contributed by atoms with van der Waals surface area (Å²) in [4.78, 5) is 4.75. The van der Waals surface area contributed by atoms with Gasteiger partial charge in [0.15, 0.2) is 0 Å². The van der Waals surface area contributed by atoms with E-state index in [2.05, 4.69) is 0 Å². The van der Waals surface area contributed by atoms with Crippen molar-refractivity contribution in [3.8, 4) is 0 Å². The smallest absolute Gasteiger partial charge is 0.0714 e. The summed E-state index contributed by atoms with van der Waals surface area (Å²) in [7, 11) is 0. The van der Waals surface area contributed by atoms with Gasteiger partial charge in [0.25, 0.3) is 0 Å². The molecular weight excluding hydrogens is 101 g/mol. The summed E-state index contributed by atoms with van der Waals surface area (Å²) in [5, 5.41) is 0. The van der Waals surface area contributed by atoms with Crippen molar-refractivity contribution in [2.75, 3.05) is 13.2 Å². The zero-order valence-electron chi connectivity index (χ0n) is 3.35. The van der Waals surface area contributed by atoms with E-state index in [0.29, 0.717) is 0 Å². The van der Waals surface area contributed by atoms with Gasteiger partial charge in [0.2, 0.25) is 0 Å². The van der Waals surface area contributed by atoms with Gasteiger partial charge in [0.05, 0.1) is 6.61 Å². The predicted molar refractivity (Wildman–Crippen MR) is 23.1 cm³/mol. The van der Waals surface area contributed by atoms with Crippen molar-refractivity contribution >= 4 is 11.8 Å². The number of rotatable bonds is 0. The first-order valence-corrected chi connectivity index (χ1v) is 2.29. The van der Waals surface area contributed by atoms with Gasteiger partial charge >= 0.3 is 0 Å². The molecule has 0 aromatic carbocycles. The van der Waals surface area contributed by atoms with E-state index in [1.807, 2.05) is 0 Å². The number of hydrogen-bond acceptors (Lipinski definition) is 2. The Labute approximate surface area is 41.7 Å². The molecule has 0 bridgehead atoms. The second-order valence-corrected chi connectivity index (χ2v) is 1.61. The molecule has 0 N–H and O–H groups in total. The first-order valence-electron chi connectivity index (χ1n) is 1.96. The van der Waals surface area contributed by atoms with Crippen LogP contribution in [0.5, 0.6) is 0 Å². The van der Waals surface area contributed by atoms with Crippen LogP contribution < -0.4 is 0 Å². The third-order valence-corrected chi connectivity index (χ3v) is 0.976. The lowest BCUT2D eigenvalue weighted by Crippen LogP contribution is -2.00. The molecule has 1 aliphatic rings. The highest BCUT2D eigenvalue weighted by Crippen LogP contribution is 2.04. The molecule has 0 spiro atoms. The third kappa shape index (κ3) is 0.834. The van der Waals surface area contributed by atoms with E-state index in [-0.39, 0.29) is 0 Å². The minimum absolute atomic E-state index is 0.781. The second-order valence-electron chi connectivity index (χ2n) is 1.23. The average Bonchev–Trinajstić information content (AvgIpc) is 1.86. The standard InChI is InChI=1S/C3H6ClNO/c4-5-2-1-3-6-5/h1-3H2. The zero-order valence-corrected chi connectivity index (χ0v) is 4.11. The van der Waals surface area contributed by atoms with Crippen LogP contribution in [0.15, 0.2) is 0 Å². The van der Waals surface area contributed by atoms with Crippen LogP contribution in [0.4, 0.5) is 0 Å². The first kappa shape index (κ1) is 4.37. The zero-order chi connectivity index (χ0) is 4.41. The van der Waals surface area contributed by atoms with E-state index in [1.165, 1.54) is 4.58 Å². The Morgan fingerprint density at radius 2 is 2.50 bits per heavy atom. The second kappa shape index (κ2) is 1.78. The maximum absolute atomic E-state index is 5.32. The Bertz CT molecular complexity index is 44.1. The lowest BCUT2D eigenvalue weighted by Gasteiger charge is -1.96. The fraction of sp³-hybridized carbons (Fsp3) is 1.00. The van der Waals surface area contributed by atoms with Gasteiger partial charge in [-0.2, -0.15) is 0 Å². The van der Waals surface area contributed by atoms with Crippen molar-refractivity contribution in [3.05, 3.63) is 0 Å². The molecule has 0 unspecified atom stereocenters. The van der Waals surface area contributed by atoms with Gasteiger partial charge in [-0.05, 0) is 6.42 Å². The van der Waals surface area contributed by atoms with Gasteiger partial charge in [-0.15, -0.1) is 0 Å². The number of hydroxylamine groups is 1. The van der Waals surface area contributed by atoms with Crippen molar-refractivity contribution in [2.24, 2.45) is 0 Å². The van der Waals surface area contributed by atoms with Gasteiger partial charge in [-0.1, -0.05) is 4.58 Å². The van der Waals surface area contributed by atoms with E-state index < -0.39 is 0 Å². The lowest BCUT2D eigenvalue weighted by atomic mass is 10.5. The molecule has 0 amide bonds. The fourth-order valence-corrected chi connectivity index (χ4v) is 0.606. The molecule has 1 saturated heterocycles. The Morgan fingerprint density at radius 3 is 2.67 bits per heavy atom. The molecule has 1 aliphatic heterocycles. The summed E-state index contributed by atoms with van der Waals surface area (Å²) in [6.07, 6.45) is 1.06. The van der Waals surface area contributed by atoms with Crippen LogP contribution in [0.2, 0.25) is 0 Å². The summed E-state index contributed by atoms with van der Waals surface area (Å²) in [5.74, 6) is 0. The highest BCUT2D eigenvalue weighted by atomic mass is 35.5. The van der Waals surface area contributed by atoms with Crippen LogP contribution >= 0.6 is 11.8 Å². The van der Waals surface area contributed by atoms with E-state index in [1.54, 1.807) is 0 Å². The van der Waals surface area contributed by atoms with Crippen molar-refractivity contribution in [2.45, 2.75) is 6.42 Å². The van der Waals surface area contributed by atoms with E-state index in [4.69, 9.17) is 16.6 Å². The Morgan fingerprint density at radius 1 is 1.67 bits per heavy atom. The Kier molecular flexibility index (Phi) is 1.29. The molecule has 1 fully saturated rings. The summed E-state index contributed by atoms with van der Waals surface area (Å²) in [6.45, 7) is 1.64. The van der Waals surface area contributed by atoms with Crippen LogP contribution in [0.25, 0.3) is 0 Å². The largest absolute Gasteiger partial charge is 0.284 e. The number of nitrogens with zero attached hydrogens (tertiary/aromatic N) is 1.